The van der Waals surface area contributed by atoms with E-state index in [9.17, 15) is 81.9 Å². The lowest BCUT2D eigenvalue weighted by Gasteiger charge is -2.26. The van der Waals surface area contributed by atoms with E-state index < -0.39 is 178 Å². The molecule has 0 aromatic heterocycles. The van der Waals surface area contributed by atoms with E-state index in [1.165, 1.54) is 0 Å². The van der Waals surface area contributed by atoms with Crippen LogP contribution in [0.5, 0.6) is 23.0 Å². The zero-order chi connectivity index (χ0) is 41.7. The maximum Gasteiger partial charge on any atom is 0.294 e. The number of benzene rings is 4. The number of hydrogen-bond acceptors (Lipinski definition) is 16. The molecular formula is C32H24O20S4-4. The van der Waals surface area contributed by atoms with Crippen LogP contribution in [0.3, 0.4) is 0 Å². The van der Waals surface area contributed by atoms with Crippen molar-refractivity contribution in [2.24, 2.45) is 0 Å². The largest absolute Gasteiger partial charge is 0.872 e. The van der Waals surface area contributed by atoms with Gasteiger partial charge in [-0.15, -0.1) is 11.5 Å². The van der Waals surface area contributed by atoms with Gasteiger partial charge in [-0.3, -0.25) is 18.2 Å². The Kier molecular flexibility index (Phi) is 11.2. The number of carboxylic acid groups (broad SMARTS) is 2. The second kappa shape index (κ2) is 15.0. The Morgan fingerprint density at radius 3 is 0.821 bits per heavy atom. The molecule has 0 heterocycles. The van der Waals surface area contributed by atoms with Crippen molar-refractivity contribution in [3.05, 3.63) is 93.0 Å². The minimum atomic E-state index is -5.20. The van der Waals surface area contributed by atoms with Crippen molar-refractivity contribution in [3.63, 3.8) is 0 Å². The van der Waals surface area contributed by atoms with Gasteiger partial charge in [0.25, 0.3) is 40.5 Å². The summed E-state index contributed by atoms with van der Waals surface area (Å²) in [6.07, 6.45) is -3.56. The summed E-state index contributed by atoms with van der Waals surface area (Å²) in [4.78, 5) is 19.2. The average molecular weight is 857 g/mol. The lowest BCUT2D eigenvalue weighted by atomic mass is 9.91. The summed E-state index contributed by atoms with van der Waals surface area (Å²) in [5.41, 5.74) is -4.25. The first-order chi connectivity index (χ1) is 25.7. The Morgan fingerprint density at radius 1 is 0.446 bits per heavy atom. The first kappa shape index (κ1) is 41.8. The van der Waals surface area contributed by atoms with Crippen LogP contribution in [-0.4, -0.2) is 77.0 Å². The molecule has 1 aliphatic carbocycles. The van der Waals surface area contributed by atoms with Gasteiger partial charge in [0, 0.05) is 47.9 Å². The first-order valence-corrected chi connectivity index (χ1v) is 21.0. The van der Waals surface area contributed by atoms with E-state index in [4.69, 9.17) is 9.47 Å². The van der Waals surface area contributed by atoms with E-state index in [0.29, 0.717) is 48.5 Å². The maximum absolute atomic E-state index is 14.0. The van der Waals surface area contributed by atoms with Crippen LogP contribution >= 0.6 is 0 Å². The highest BCUT2D eigenvalue weighted by molar-refractivity contribution is 7.86. The van der Waals surface area contributed by atoms with Crippen LogP contribution in [0, 0.1) is 0 Å². The molecule has 1 aliphatic rings. The standard InChI is InChI=1S/C32H28O20S4/c33-27(34)13-51-31-19-1-15-5-23(53(39,40)41)6-16(29(15)37)2-21-11-26(56(48,49)50)12-22(32(21)52-14-28(35)36)4-18-8-24(54(42,43)44)7-17(30(18)38)3-20(31)10-25(9-19)55(45,46)47/h5-12,37-38H,1-4,13-14H2,(H,33,34)(H,35,36)(H,39,40,41)(H,42,43,44)(H,45,46,47)(H,48,49,50)/p-4. The van der Waals surface area contributed by atoms with Gasteiger partial charge in [-0.05, 0) is 70.8 Å². The monoisotopic (exact) mass is 856 g/mol. The molecule has 4 aromatic rings. The van der Waals surface area contributed by atoms with E-state index in [-0.39, 0.29) is 0 Å². The molecule has 0 unspecified atom stereocenters. The van der Waals surface area contributed by atoms with Crippen LogP contribution in [0.15, 0.2) is 68.1 Å². The van der Waals surface area contributed by atoms with E-state index in [1.54, 1.807) is 0 Å². The third kappa shape index (κ3) is 9.36. The highest BCUT2D eigenvalue weighted by Crippen LogP contribution is 2.40. The number of carbonyl (C=O) groups is 2. The molecule has 8 bridgehead atoms. The first-order valence-electron chi connectivity index (χ1n) is 15.2. The van der Waals surface area contributed by atoms with Gasteiger partial charge in [0.1, 0.15) is 24.7 Å². The van der Waals surface area contributed by atoms with E-state index in [2.05, 4.69) is 0 Å². The molecule has 4 N–H and O–H groups in total. The number of ether oxygens (including phenoxy) is 2. The molecule has 24 heteroatoms. The average Bonchev–Trinajstić information content (AvgIpc) is 3.04. The van der Waals surface area contributed by atoms with Gasteiger partial charge in [0.05, 0.1) is 31.5 Å². The molecule has 0 saturated carbocycles. The predicted octanol–water partition coefficient (Wildman–Crippen LogP) is -2.25. The molecule has 0 atom stereocenters. The van der Waals surface area contributed by atoms with Crippen LogP contribution in [0.1, 0.15) is 44.5 Å². The summed E-state index contributed by atoms with van der Waals surface area (Å²) in [5.74, 6) is -7.00. The van der Waals surface area contributed by atoms with Crippen molar-refractivity contribution in [1.82, 2.24) is 0 Å². The van der Waals surface area contributed by atoms with E-state index in [0.717, 1.165) is 0 Å². The zero-order valence-corrected chi connectivity index (χ0v) is 31.1. The Morgan fingerprint density at radius 2 is 0.643 bits per heavy atom. The second-order valence-corrected chi connectivity index (χ2v) is 17.9. The van der Waals surface area contributed by atoms with Crippen molar-refractivity contribution in [2.45, 2.75) is 45.3 Å². The lowest BCUT2D eigenvalue weighted by Crippen LogP contribution is -2.29. The van der Waals surface area contributed by atoms with Gasteiger partial charge in [-0.25, -0.2) is 0 Å². The van der Waals surface area contributed by atoms with Gasteiger partial charge < -0.3 is 39.5 Å². The molecule has 5 rings (SSSR count). The van der Waals surface area contributed by atoms with Crippen molar-refractivity contribution in [1.29, 1.82) is 0 Å². The minimum absolute atomic E-state index is 0.466. The van der Waals surface area contributed by atoms with E-state index in [1.807, 2.05) is 0 Å². The molecule has 4 aromatic carbocycles. The molecule has 0 saturated heterocycles. The number of carbonyl (C=O) groups excluding carboxylic acids is 2. The van der Waals surface area contributed by atoms with Gasteiger partial charge in [-0.2, -0.15) is 33.7 Å². The normalized spacial score (nSPS) is 13.5. The van der Waals surface area contributed by atoms with Crippen LogP contribution in [0.25, 0.3) is 0 Å². The van der Waals surface area contributed by atoms with Crippen molar-refractivity contribution in [3.8, 4) is 23.0 Å². The van der Waals surface area contributed by atoms with Gasteiger partial charge in [0.2, 0.25) is 0 Å². The molecule has 0 amide bonds. The van der Waals surface area contributed by atoms with Crippen molar-refractivity contribution < 1.29 is 91.4 Å². The fourth-order valence-corrected chi connectivity index (χ4v) is 8.32. The van der Waals surface area contributed by atoms with Gasteiger partial charge in [0.15, 0.2) is 0 Å². The van der Waals surface area contributed by atoms with Crippen molar-refractivity contribution >= 4 is 52.4 Å². The summed E-state index contributed by atoms with van der Waals surface area (Å²) in [7, 11) is -20.8. The smallest absolute Gasteiger partial charge is 0.294 e. The summed E-state index contributed by atoms with van der Waals surface area (Å²) >= 11 is 0. The lowest BCUT2D eigenvalue weighted by molar-refractivity contribution is -0.308. The van der Waals surface area contributed by atoms with Crippen LogP contribution < -0.4 is 29.9 Å². The Hall–Kier alpha value is -5.34. The number of carboxylic acids is 2. The fourth-order valence-electron chi connectivity index (χ4n) is 5.99. The van der Waals surface area contributed by atoms with Crippen molar-refractivity contribution in [2.75, 3.05) is 13.2 Å². The molecule has 0 aliphatic heterocycles. The molecule has 0 spiro atoms. The number of rotatable bonds is 10. The Balaban J connectivity index is 1.99. The quantitative estimate of drug-likeness (QED) is 0.108. The summed E-state index contributed by atoms with van der Waals surface area (Å²) in [6, 6.07) is 5.32. The maximum atomic E-state index is 14.0. The fraction of sp³-hybridized carbons (Fsp3) is 0.188. The second-order valence-electron chi connectivity index (χ2n) is 12.2. The molecule has 56 heavy (non-hydrogen) atoms. The number of fused-ring (bicyclic) bond motifs is 8. The van der Waals surface area contributed by atoms with Crippen LogP contribution in [-0.2, 0) is 75.7 Å². The Labute approximate surface area is 317 Å². The van der Waals surface area contributed by atoms with E-state index >= 15 is 0 Å². The SMILES string of the molecule is O=C([O-])COc1c2cc(S(=O)(=O)O)cc1Cc1cc(S(=O)(=O)O)cc(c1[O-])Cc1cc(S(=O)(=O)O)cc(c1OCC(=O)[O-])Cc1cc(S(=O)(=O)O)cc(c1[O-])C2. The summed E-state index contributed by atoms with van der Waals surface area (Å²) in [5, 5.41) is 51.0. The molecule has 20 nitrogen and oxygen atoms in total. The molecular weight excluding hydrogens is 833 g/mol. The highest BCUT2D eigenvalue weighted by atomic mass is 32.2. The highest BCUT2D eigenvalue weighted by Gasteiger charge is 2.26. The summed E-state index contributed by atoms with van der Waals surface area (Å²) in [6.45, 7) is -2.52. The minimum Gasteiger partial charge on any atom is -0.872 e. The van der Waals surface area contributed by atoms with Gasteiger partial charge >= 0.3 is 0 Å². The van der Waals surface area contributed by atoms with Crippen LogP contribution in [0.4, 0.5) is 0 Å². The zero-order valence-electron chi connectivity index (χ0n) is 27.8. The predicted molar refractivity (Wildman–Crippen MR) is 176 cm³/mol. The Bertz CT molecular complexity index is 2490. The topological polar surface area (TPSA) is 362 Å². The van der Waals surface area contributed by atoms with Crippen LogP contribution in [0.2, 0.25) is 0 Å². The molecule has 300 valence electrons. The summed E-state index contributed by atoms with van der Waals surface area (Å²) < 4.78 is 150. The third-order valence-electron chi connectivity index (χ3n) is 8.25. The number of aliphatic carboxylic acids is 2. The van der Waals surface area contributed by atoms with Gasteiger partial charge in [-0.1, -0.05) is 0 Å². The third-order valence-corrected chi connectivity index (χ3v) is 11.6. The molecule has 0 fully saturated rings. The molecule has 0 radical (unpaired) electrons. The number of hydrogen-bond donors (Lipinski definition) is 4.